The minimum atomic E-state index is -0.768. The fraction of sp³-hybridized carbons (Fsp3) is 0.300. The van der Waals surface area contributed by atoms with Gasteiger partial charge in [-0.15, -0.1) is 0 Å². The van der Waals surface area contributed by atoms with Crippen LogP contribution in [0, 0.1) is 10.1 Å². The molecule has 0 aliphatic rings. The molecule has 1 rings (SSSR count). The van der Waals surface area contributed by atoms with Crippen molar-refractivity contribution in [2.24, 2.45) is 0 Å². The molecule has 0 aromatic heterocycles. The Morgan fingerprint density at radius 1 is 1.56 bits per heavy atom. The molecule has 0 amide bonds. The van der Waals surface area contributed by atoms with E-state index in [2.05, 4.69) is 0 Å². The number of rotatable bonds is 4. The topological polar surface area (TPSA) is 69.4 Å². The van der Waals surface area contributed by atoms with Crippen LogP contribution in [0.3, 0.4) is 0 Å². The number of aryl methyl sites for hydroxylation is 1. The van der Waals surface area contributed by atoms with Crippen molar-refractivity contribution in [2.75, 3.05) is 7.11 Å². The van der Waals surface area contributed by atoms with Crippen LogP contribution in [0.15, 0.2) is 12.1 Å². The van der Waals surface area contributed by atoms with Gasteiger partial charge in [0, 0.05) is 6.07 Å². The number of benzene rings is 1. The van der Waals surface area contributed by atoms with Crippen LogP contribution in [-0.4, -0.2) is 17.3 Å². The summed E-state index contributed by atoms with van der Waals surface area (Å²) in [6, 6.07) is 2.88. The quantitative estimate of drug-likeness (QED) is 0.463. The maximum atomic E-state index is 11.1. The Labute approximate surface area is 97.1 Å². The number of nitrogens with zero attached hydrogens (tertiary/aromatic N) is 1. The molecule has 0 N–H and O–H groups in total. The molecule has 16 heavy (non-hydrogen) atoms. The highest BCUT2D eigenvalue weighted by Gasteiger charge is 2.23. The first-order valence-corrected chi connectivity index (χ1v) is 4.94. The molecule has 0 unspecified atom stereocenters. The molecule has 6 heteroatoms. The maximum absolute atomic E-state index is 11.1. The molecular formula is C10H10ClNO4. The monoisotopic (exact) mass is 243 g/mol. The molecule has 0 saturated carbocycles. The smallest absolute Gasteiger partial charge is 0.312 e. The van der Waals surface area contributed by atoms with Gasteiger partial charge in [0.05, 0.1) is 17.6 Å². The van der Waals surface area contributed by atoms with Crippen molar-refractivity contribution >= 4 is 22.5 Å². The van der Waals surface area contributed by atoms with Crippen molar-refractivity contribution in [1.29, 1.82) is 0 Å². The zero-order chi connectivity index (χ0) is 12.3. The van der Waals surface area contributed by atoms with Gasteiger partial charge in [-0.05, 0) is 29.7 Å². The Balaban J connectivity index is 3.52. The molecule has 0 saturated heterocycles. The third kappa shape index (κ3) is 2.30. The summed E-state index contributed by atoms with van der Waals surface area (Å²) >= 11 is 5.35. The fourth-order valence-electron chi connectivity index (χ4n) is 1.37. The lowest BCUT2D eigenvalue weighted by Crippen LogP contribution is -2.02. The highest BCUT2D eigenvalue weighted by Crippen LogP contribution is 2.33. The Bertz CT molecular complexity index is 409. The zero-order valence-corrected chi connectivity index (χ0v) is 9.58. The van der Waals surface area contributed by atoms with Crippen LogP contribution in [0.4, 0.5) is 5.69 Å². The van der Waals surface area contributed by atoms with Crippen LogP contribution in [0.1, 0.15) is 22.8 Å². The van der Waals surface area contributed by atoms with Crippen LogP contribution in [0.2, 0.25) is 0 Å². The van der Waals surface area contributed by atoms with E-state index in [0.29, 0.717) is 12.0 Å². The largest absolute Gasteiger partial charge is 0.490 e. The van der Waals surface area contributed by atoms with Gasteiger partial charge in [0.25, 0.3) is 5.24 Å². The highest BCUT2D eigenvalue weighted by molar-refractivity contribution is 6.68. The lowest BCUT2D eigenvalue weighted by atomic mass is 10.1. The summed E-state index contributed by atoms with van der Waals surface area (Å²) in [4.78, 5) is 21.3. The van der Waals surface area contributed by atoms with E-state index in [9.17, 15) is 14.9 Å². The number of nitro groups is 1. The van der Waals surface area contributed by atoms with Gasteiger partial charge in [0.1, 0.15) is 0 Å². The van der Waals surface area contributed by atoms with Crippen molar-refractivity contribution in [3.8, 4) is 5.75 Å². The number of carbonyl (C=O) groups is 1. The van der Waals surface area contributed by atoms with Crippen LogP contribution < -0.4 is 4.74 Å². The van der Waals surface area contributed by atoms with E-state index < -0.39 is 10.2 Å². The van der Waals surface area contributed by atoms with E-state index in [1.54, 1.807) is 0 Å². The molecule has 0 atom stereocenters. The molecule has 1 aromatic carbocycles. The SMILES string of the molecule is CCc1cc(C(=O)Cl)c(OC)c([N+](=O)[O-])c1. The second-order valence-corrected chi connectivity index (χ2v) is 3.42. The van der Waals surface area contributed by atoms with Gasteiger partial charge in [-0.25, -0.2) is 0 Å². The second kappa shape index (κ2) is 4.94. The van der Waals surface area contributed by atoms with Gasteiger partial charge in [0.2, 0.25) is 5.75 Å². The van der Waals surface area contributed by atoms with E-state index in [1.165, 1.54) is 19.2 Å². The van der Waals surface area contributed by atoms with Crippen LogP contribution >= 0.6 is 11.6 Å². The third-order valence-corrected chi connectivity index (χ3v) is 2.35. The van der Waals surface area contributed by atoms with Crippen molar-refractivity contribution in [1.82, 2.24) is 0 Å². The average Bonchev–Trinajstić information content (AvgIpc) is 2.26. The standard InChI is InChI=1S/C10H10ClNO4/c1-3-6-4-7(10(11)13)9(16-2)8(5-6)12(14)15/h4-5H,3H2,1-2H3. The number of methoxy groups -OCH3 is 1. The molecule has 0 radical (unpaired) electrons. The molecule has 0 spiro atoms. The van der Waals surface area contributed by atoms with E-state index in [1.807, 2.05) is 6.92 Å². The molecule has 86 valence electrons. The normalized spacial score (nSPS) is 9.94. The van der Waals surface area contributed by atoms with E-state index in [-0.39, 0.29) is 17.0 Å². The number of hydrogen-bond acceptors (Lipinski definition) is 4. The zero-order valence-electron chi connectivity index (χ0n) is 8.82. The first-order valence-electron chi connectivity index (χ1n) is 4.56. The minimum Gasteiger partial charge on any atom is -0.490 e. The van der Waals surface area contributed by atoms with Gasteiger partial charge in [-0.3, -0.25) is 14.9 Å². The summed E-state index contributed by atoms with van der Waals surface area (Å²) in [7, 11) is 1.26. The molecule has 1 aromatic rings. The van der Waals surface area contributed by atoms with Crippen molar-refractivity contribution in [2.45, 2.75) is 13.3 Å². The first kappa shape index (κ1) is 12.4. The summed E-state index contributed by atoms with van der Waals surface area (Å²) < 4.78 is 4.85. The Morgan fingerprint density at radius 3 is 2.56 bits per heavy atom. The summed E-state index contributed by atoms with van der Waals surface area (Å²) in [6.07, 6.45) is 0.571. The fourth-order valence-corrected chi connectivity index (χ4v) is 1.51. The Morgan fingerprint density at radius 2 is 2.19 bits per heavy atom. The van der Waals surface area contributed by atoms with E-state index >= 15 is 0 Å². The predicted molar refractivity (Wildman–Crippen MR) is 59.2 cm³/mol. The summed E-state index contributed by atoms with van der Waals surface area (Å²) in [6.45, 7) is 1.83. The third-order valence-electron chi connectivity index (χ3n) is 2.15. The van der Waals surface area contributed by atoms with E-state index in [0.717, 1.165) is 0 Å². The molecule has 0 aliphatic heterocycles. The maximum Gasteiger partial charge on any atom is 0.312 e. The van der Waals surface area contributed by atoms with Gasteiger partial charge in [-0.1, -0.05) is 6.92 Å². The minimum absolute atomic E-state index is 0.0233. The average molecular weight is 244 g/mol. The first-order chi connectivity index (χ1) is 7.51. The highest BCUT2D eigenvalue weighted by atomic mass is 35.5. The number of carbonyl (C=O) groups excluding carboxylic acids is 1. The molecule has 5 nitrogen and oxygen atoms in total. The van der Waals surface area contributed by atoms with Crippen LogP contribution in [0.25, 0.3) is 0 Å². The lowest BCUT2D eigenvalue weighted by molar-refractivity contribution is -0.385. The van der Waals surface area contributed by atoms with Gasteiger partial charge >= 0.3 is 5.69 Å². The number of nitro benzene ring substituents is 1. The van der Waals surface area contributed by atoms with E-state index in [4.69, 9.17) is 16.3 Å². The molecule has 0 heterocycles. The number of hydrogen-bond donors (Lipinski definition) is 0. The molecular weight excluding hydrogens is 234 g/mol. The second-order valence-electron chi connectivity index (χ2n) is 3.08. The molecule has 0 bridgehead atoms. The Hall–Kier alpha value is -1.62. The number of halogens is 1. The summed E-state index contributed by atoms with van der Waals surface area (Å²) in [5, 5.41) is 10.0. The number of ether oxygens (including phenoxy) is 1. The summed E-state index contributed by atoms with van der Waals surface area (Å²) in [5.74, 6) is -0.0952. The van der Waals surface area contributed by atoms with Crippen LogP contribution in [-0.2, 0) is 6.42 Å². The molecule has 0 fully saturated rings. The van der Waals surface area contributed by atoms with Gasteiger partial charge < -0.3 is 4.74 Å². The summed E-state index contributed by atoms with van der Waals surface area (Å²) in [5.41, 5.74) is 0.442. The van der Waals surface area contributed by atoms with Gasteiger partial charge in [-0.2, -0.15) is 0 Å². The van der Waals surface area contributed by atoms with Crippen LogP contribution in [0.5, 0.6) is 5.75 Å². The molecule has 0 aliphatic carbocycles. The van der Waals surface area contributed by atoms with Crippen molar-refractivity contribution < 1.29 is 14.5 Å². The predicted octanol–water partition coefficient (Wildman–Crippen LogP) is 2.54. The van der Waals surface area contributed by atoms with Crippen molar-refractivity contribution in [3.63, 3.8) is 0 Å². The lowest BCUT2D eigenvalue weighted by Gasteiger charge is -2.07. The van der Waals surface area contributed by atoms with Crippen molar-refractivity contribution in [3.05, 3.63) is 33.4 Å². The Kier molecular flexibility index (Phi) is 3.84. The van der Waals surface area contributed by atoms with Gasteiger partial charge in [0.15, 0.2) is 0 Å².